The van der Waals surface area contributed by atoms with Crippen LogP contribution in [0, 0.1) is 0 Å². The molecule has 0 bridgehead atoms. The van der Waals surface area contributed by atoms with Crippen molar-refractivity contribution < 1.29 is 14.3 Å². The second-order valence-electron chi connectivity index (χ2n) is 5.16. The zero-order valence-corrected chi connectivity index (χ0v) is 12.4. The van der Waals surface area contributed by atoms with Gasteiger partial charge in [-0.15, -0.1) is 0 Å². The molecule has 0 spiro atoms. The van der Waals surface area contributed by atoms with Gasteiger partial charge in [0.15, 0.2) is 17.8 Å². The third kappa shape index (κ3) is 2.05. The molecule has 4 nitrogen and oxygen atoms in total. The summed E-state index contributed by atoms with van der Waals surface area (Å²) < 4.78 is 12.2. The molecule has 1 atom stereocenters. The Labute approximate surface area is 120 Å². The smallest absolute Gasteiger partial charge is 0.173 e. The van der Waals surface area contributed by atoms with Crippen LogP contribution < -0.4 is 14.8 Å². The number of fused-ring (bicyclic) bond motifs is 1. The summed E-state index contributed by atoms with van der Waals surface area (Å²) in [6.45, 7) is 4.17. The highest BCUT2D eigenvalue weighted by atomic mass is 79.9. The number of carbonyl (C=O) groups excluding carboxylic acids is 1. The standard InChI is InChI=1S/C14H16BrNO3/c1-14(3-2-4-16-14)10-7-11(15)9(8-17)12-13(10)19-6-5-18-12/h7-8,16H,2-6H2,1H3. The molecule has 1 fully saturated rings. The summed E-state index contributed by atoms with van der Waals surface area (Å²) >= 11 is 3.46. The maximum absolute atomic E-state index is 11.2. The molecule has 0 aliphatic carbocycles. The van der Waals surface area contributed by atoms with Crippen molar-refractivity contribution in [2.45, 2.75) is 25.3 Å². The molecule has 102 valence electrons. The van der Waals surface area contributed by atoms with Gasteiger partial charge in [-0.05, 0) is 48.3 Å². The minimum Gasteiger partial charge on any atom is -0.486 e. The lowest BCUT2D eigenvalue weighted by Gasteiger charge is -2.31. The van der Waals surface area contributed by atoms with Gasteiger partial charge in [-0.25, -0.2) is 0 Å². The number of ether oxygens (including phenoxy) is 2. The number of carbonyl (C=O) groups is 1. The Hall–Kier alpha value is -1.07. The van der Waals surface area contributed by atoms with Crippen LogP contribution in [0.1, 0.15) is 35.7 Å². The lowest BCUT2D eigenvalue weighted by molar-refractivity contribution is 0.110. The molecule has 1 saturated heterocycles. The summed E-state index contributed by atoms with van der Waals surface area (Å²) in [6, 6.07) is 1.98. The zero-order chi connectivity index (χ0) is 13.5. The number of nitrogens with one attached hydrogen (secondary N) is 1. The van der Waals surface area contributed by atoms with Crippen LogP contribution in [-0.2, 0) is 5.54 Å². The topological polar surface area (TPSA) is 47.6 Å². The summed E-state index contributed by atoms with van der Waals surface area (Å²) in [5, 5.41) is 3.52. The van der Waals surface area contributed by atoms with E-state index in [2.05, 4.69) is 28.2 Å². The van der Waals surface area contributed by atoms with Crippen LogP contribution >= 0.6 is 15.9 Å². The average molecular weight is 326 g/mol. The fourth-order valence-corrected chi connectivity index (χ4v) is 3.34. The SMILES string of the molecule is CC1(c2cc(Br)c(C=O)c3c2OCCO3)CCCN1. The highest BCUT2D eigenvalue weighted by Crippen LogP contribution is 2.46. The van der Waals surface area contributed by atoms with Gasteiger partial charge in [0.1, 0.15) is 13.2 Å². The largest absolute Gasteiger partial charge is 0.486 e. The predicted molar refractivity (Wildman–Crippen MR) is 75.1 cm³/mol. The first-order valence-electron chi connectivity index (χ1n) is 6.48. The van der Waals surface area contributed by atoms with Crippen LogP contribution in [0.4, 0.5) is 0 Å². The Bertz CT molecular complexity index is 524. The fourth-order valence-electron chi connectivity index (χ4n) is 2.84. The fraction of sp³-hybridized carbons (Fsp3) is 0.500. The van der Waals surface area contributed by atoms with Crippen LogP contribution in [0.5, 0.6) is 11.5 Å². The third-order valence-electron chi connectivity index (χ3n) is 3.88. The summed E-state index contributed by atoms with van der Waals surface area (Å²) in [5.41, 5.74) is 1.48. The summed E-state index contributed by atoms with van der Waals surface area (Å²) in [6.07, 6.45) is 3.00. The number of hydrogen-bond donors (Lipinski definition) is 1. The first kappa shape index (κ1) is 12.9. The maximum atomic E-state index is 11.2. The Morgan fingerprint density at radius 1 is 1.37 bits per heavy atom. The van der Waals surface area contributed by atoms with Gasteiger partial charge in [0.2, 0.25) is 0 Å². The molecule has 1 unspecified atom stereocenters. The minimum absolute atomic E-state index is 0.116. The Morgan fingerprint density at radius 3 is 2.74 bits per heavy atom. The molecule has 0 amide bonds. The molecule has 0 saturated carbocycles. The van der Waals surface area contributed by atoms with Crippen LogP contribution in [0.2, 0.25) is 0 Å². The number of aldehydes is 1. The lowest BCUT2D eigenvalue weighted by Crippen LogP contribution is -2.34. The lowest BCUT2D eigenvalue weighted by atomic mass is 9.88. The van der Waals surface area contributed by atoms with Crippen LogP contribution in [0.15, 0.2) is 10.5 Å². The zero-order valence-electron chi connectivity index (χ0n) is 10.8. The summed E-state index contributed by atoms with van der Waals surface area (Å²) in [4.78, 5) is 11.2. The van der Waals surface area contributed by atoms with E-state index >= 15 is 0 Å². The van der Waals surface area contributed by atoms with Crippen molar-refractivity contribution in [1.29, 1.82) is 0 Å². The van der Waals surface area contributed by atoms with Crippen molar-refractivity contribution >= 4 is 22.2 Å². The van der Waals surface area contributed by atoms with E-state index in [4.69, 9.17) is 9.47 Å². The minimum atomic E-state index is -0.116. The van der Waals surface area contributed by atoms with E-state index in [9.17, 15) is 4.79 Å². The van der Waals surface area contributed by atoms with Crippen LogP contribution in [-0.4, -0.2) is 26.0 Å². The molecule has 0 aromatic heterocycles. The van der Waals surface area contributed by atoms with Gasteiger partial charge < -0.3 is 14.8 Å². The maximum Gasteiger partial charge on any atom is 0.173 e. The Kier molecular flexibility index (Phi) is 3.27. The van der Waals surface area contributed by atoms with E-state index in [1.54, 1.807) is 0 Å². The molecule has 2 heterocycles. The first-order chi connectivity index (χ1) is 9.15. The first-order valence-corrected chi connectivity index (χ1v) is 7.28. The van der Waals surface area contributed by atoms with Crippen molar-refractivity contribution in [2.24, 2.45) is 0 Å². The molecular formula is C14H16BrNO3. The predicted octanol–water partition coefficient (Wildman–Crippen LogP) is 2.63. The van der Waals surface area contributed by atoms with E-state index in [1.807, 2.05) is 6.07 Å². The average Bonchev–Trinajstić information content (AvgIpc) is 2.86. The highest BCUT2D eigenvalue weighted by molar-refractivity contribution is 9.10. The molecule has 1 N–H and O–H groups in total. The van der Waals surface area contributed by atoms with Gasteiger partial charge in [0, 0.05) is 15.6 Å². The van der Waals surface area contributed by atoms with Crippen LogP contribution in [0.3, 0.4) is 0 Å². The molecule has 2 aliphatic rings. The van der Waals surface area contributed by atoms with Crippen molar-refractivity contribution in [2.75, 3.05) is 19.8 Å². The van der Waals surface area contributed by atoms with E-state index < -0.39 is 0 Å². The molecule has 1 aromatic rings. The molecule has 19 heavy (non-hydrogen) atoms. The molecule has 1 aromatic carbocycles. The molecule has 0 radical (unpaired) electrons. The van der Waals surface area contributed by atoms with Crippen LogP contribution in [0.25, 0.3) is 0 Å². The van der Waals surface area contributed by atoms with Crippen molar-refractivity contribution in [3.8, 4) is 11.5 Å². The van der Waals surface area contributed by atoms with Gasteiger partial charge >= 0.3 is 0 Å². The Morgan fingerprint density at radius 2 is 2.11 bits per heavy atom. The van der Waals surface area contributed by atoms with E-state index in [0.29, 0.717) is 30.3 Å². The Balaban J connectivity index is 2.20. The summed E-state index contributed by atoms with van der Waals surface area (Å²) in [7, 11) is 0. The number of rotatable bonds is 2. The van der Waals surface area contributed by atoms with Gasteiger partial charge in [-0.3, -0.25) is 4.79 Å². The van der Waals surface area contributed by atoms with Crippen molar-refractivity contribution in [3.63, 3.8) is 0 Å². The normalized spacial score (nSPS) is 25.4. The highest BCUT2D eigenvalue weighted by Gasteiger charge is 2.36. The van der Waals surface area contributed by atoms with Gasteiger partial charge in [0.05, 0.1) is 5.56 Å². The van der Waals surface area contributed by atoms with Crippen molar-refractivity contribution in [1.82, 2.24) is 5.32 Å². The number of hydrogen-bond acceptors (Lipinski definition) is 4. The monoisotopic (exact) mass is 325 g/mol. The van der Waals surface area contributed by atoms with E-state index in [0.717, 1.165) is 35.7 Å². The molecule has 3 rings (SSSR count). The second kappa shape index (κ2) is 4.80. The molecule has 5 heteroatoms. The summed E-state index contributed by atoms with van der Waals surface area (Å²) in [5.74, 6) is 1.29. The molecule has 2 aliphatic heterocycles. The second-order valence-corrected chi connectivity index (χ2v) is 6.01. The quantitative estimate of drug-likeness (QED) is 0.849. The van der Waals surface area contributed by atoms with Gasteiger partial charge in [-0.2, -0.15) is 0 Å². The molecular weight excluding hydrogens is 310 g/mol. The van der Waals surface area contributed by atoms with Crippen molar-refractivity contribution in [3.05, 3.63) is 21.7 Å². The number of halogens is 1. The number of benzene rings is 1. The van der Waals surface area contributed by atoms with Gasteiger partial charge in [0.25, 0.3) is 0 Å². The van der Waals surface area contributed by atoms with E-state index in [-0.39, 0.29) is 5.54 Å². The van der Waals surface area contributed by atoms with E-state index in [1.165, 1.54) is 0 Å². The van der Waals surface area contributed by atoms with Gasteiger partial charge in [-0.1, -0.05) is 0 Å². The third-order valence-corrected chi connectivity index (χ3v) is 4.54.